The van der Waals surface area contributed by atoms with Crippen LogP contribution in [0.4, 0.5) is 0 Å². The number of halogens is 1. The lowest BCUT2D eigenvalue weighted by atomic mass is 10.1. The Morgan fingerprint density at radius 2 is 2.04 bits per heavy atom. The van der Waals surface area contributed by atoms with Gasteiger partial charge in [0.1, 0.15) is 5.75 Å². The maximum Gasteiger partial charge on any atom is 0.191 e. The minimum absolute atomic E-state index is 0. The maximum atomic E-state index is 5.42. The molecule has 1 unspecified atom stereocenters. The van der Waals surface area contributed by atoms with Crippen molar-refractivity contribution in [3.63, 3.8) is 0 Å². The Morgan fingerprint density at radius 1 is 1.29 bits per heavy atom. The quantitative estimate of drug-likeness (QED) is 0.308. The van der Waals surface area contributed by atoms with Crippen LogP contribution in [-0.2, 0) is 11.2 Å². The first kappa shape index (κ1) is 25.0. The first-order valence-corrected chi connectivity index (χ1v) is 10.1. The molecule has 7 heteroatoms. The second-order valence-electron chi connectivity index (χ2n) is 7.22. The standard InChI is InChI=1S/C21H36N4O2.HI/c1-5-22-21(24-15-17(2)16-25-10-12-27-13-11-25)23-9-8-19-7-6-18(3)20(14-19)26-4;/h6-7,14,17H,5,8-13,15-16H2,1-4H3,(H2,22,23,24);1H. The number of guanidine groups is 1. The SMILES string of the molecule is CCNC(=NCC(C)CN1CCOCC1)NCCc1ccc(C)c(OC)c1.I. The van der Waals surface area contributed by atoms with Crippen molar-refractivity contribution in [2.75, 3.05) is 59.6 Å². The van der Waals surface area contributed by atoms with Crippen molar-refractivity contribution in [2.45, 2.75) is 27.2 Å². The van der Waals surface area contributed by atoms with Crippen molar-refractivity contribution in [3.05, 3.63) is 29.3 Å². The number of aliphatic imine (C=N–C) groups is 1. The molecular formula is C21H37IN4O2. The number of hydrogen-bond acceptors (Lipinski definition) is 4. The zero-order valence-electron chi connectivity index (χ0n) is 17.8. The van der Waals surface area contributed by atoms with Gasteiger partial charge in [0.15, 0.2) is 5.96 Å². The van der Waals surface area contributed by atoms with Crippen LogP contribution in [0.1, 0.15) is 25.0 Å². The van der Waals surface area contributed by atoms with Gasteiger partial charge in [-0.05, 0) is 43.4 Å². The van der Waals surface area contributed by atoms with Gasteiger partial charge < -0.3 is 20.1 Å². The molecule has 0 bridgehead atoms. The molecule has 1 aliphatic rings. The molecule has 0 radical (unpaired) electrons. The highest BCUT2D eigenvalue weighted by molar-refractivity contribution is 14.0. The average Bonchev–Trinajstić information content (AvgIpc) is 2.68. The lowest BCUT2D eigenvalue weighted by molar-refractivity contribution is 0.0323. The van der Waals surface area contributed by atoms with Crippen molar-refractivity contribution < 1.29 is 9.47 Å². The van der Waals surface area contributed by atoms with Gasteiger partial charge in [0.25, 0.3) is 0 Å². The van der Waals surface area contributed by atoms with E-state index in [1.165, 1.54) is 11.1 Å². The molecule has 1 atom stereocenters. The minimum Gasteiger partial charge on any atom is -0.496 e. The summed E-state index contributed by atoms with van der Waals surface area (Å²) in [5, 5.41) is 6.78. The van der Waals surface area contributed by atoms with Gasteiger partial charge >= 0.3 is 0 Å². The van der Waals surface area contributed by atoms with Crippen molar-refractivity contribution in [1.82, 2.24) is 15.5 Å². The molecule has 0 saturated carbocycles. The van der Waals surface area contributed by atoms with Crippen LogP contribution in [-0.4, -0.2) is 70.5 Å². The third kappa shape index (κ3) is 8.96. The molecule has 1 saturated heterocycles. The van der Waals surface area contributed by atoms with Crippen LogP contribution >= 0.6 is 24.0 Å². The number of nitrogens with one attached hydrogen (secondary N) is 2. The van der Waals surface area contributed by atoms with Crippen molar-refractivity contribution in [3.8, 4) is 5.75 Å². The molecule has 2 rings (SSSR count). The van der Waals surface area contributed by atoms with Crippen LogP contribution in [0, 0.1) is 12.8 Å². The van der Waals surface area contributed by atoms with Gasteiger partial charge in [-0.1, -0.05) is 19.1 Å². The van der Waals surface area contributed by atoms with Crippen molar-refractivity contribution in [2.24, 2.45) is 10.9 Å². The summed E-state index contributed by atoms with van der Waals surface area (Å²) in [5.74, 6) is 2.37. The monoisotopic (exact) mass is 504 g/mol. The molecule has 6 nitrogen and oxygen atoms in total. The fourth-order valence-corrected chi connectivity index (χ4v) is 3.22. The summed E-state index contributed by atoms with van der Waals surface area (Å²) < 4.78 is 10.8. The van der Waals surface area contributed by atoms with Gasteiger partial charge in [-0.15, -0.1) is 24.0 Å². The van der Waals surface area contributed by atoms with E-state index in [1.54, 1.807) is 7.11 Å². The molecule has 1 aromatic carbocycles. The largest absolute Gasteiger partial charge is 0.496 e. The zero-order chi connectivity index (χ0) is 19.5. The summed E-state index contributed by atoms with van der Waals surface area (Å²) in [4.78, 5) is 7.24. The van der Waals surface area contributed by atoms with Gasteiger partial charge in [-0.3, -0.25) is 9.89 Å². The number of rotatable bonds is 9. The van der Waals surface area contributed by atoms with Gasteiger partial charge in [0.2, 0.25) is 0 Å². The van der Waals surface area contributed by atoms with Crippen LogP contribution in [0.3, 0.4) is 0 Å². The zero-order valence-corrected chi connectivity index (χ0v) is 20.1. The van der Waals surface area contributed by atoms with Gasteiger partial charge in [-0.2, -0.15) is 0 Å². The average molecular weight is 504 g/mol. The van der Waals surface area contributed by atoms with Crippen LogP contribution in [0.25, 0.3) is 0 Å². The minimum atomic E-state index is 0. The van der Waals surface area contributed by atoms with E-state index in [1.807, 2.05) is 0 Å². The number of hydrogen-bond donors (Lipinski definition) is 2. The Labute approximate surface area is 187 Å². The third-order valence-corrected chi connectivity index (χ3v) is 4.76. The van der Waals surface area contributed by atoms with Gasteiger partial charge in [0.05, 0.1) is 20.3 Å². The van der Waals surface area contributed by atoms with Gasteiger partial charge in [0, 0.05) is 39.3 Å². The van der Waals surface area contributed by atoms with E-state index in [4.69, 9.17) is 14.5 Å². The predicted octanol–water partition coefficient (Wildman–Crippen LogP) is 2.69. The van der Waals surface area contributed by atoms with E-state index >= 15 is 0 Å². The third-order valence-electron chi connectivity index (χ3n) is 4.76. The van der Waals surface area contributed by atoms with Crippen molar-refractivity contribution in [1.29, 1.82) is 0 Å². The number of methoxy groups -OCH3 is 1. The summed E-state index contributed by atoms with van der Waals surface area (Å²) in [6, 6.07) is 6.39. The summed E-state index contributed by atoms with van der Waals surface area (Å²) in [6.07, 6.45) is 0.935. The number of aryl methyl sites for hydroxylation is 1. The van der Waals surface area contributed by atoms with E-state index in [0.717, 1.165) is 70.6 Å². The molecule has 0 aliphatic carbocycles. The van der Waals surface area contributed by atoms with Crippen LogP contribution in [0.5, 0.6) is 5.75 Å². The molecule has 160 valence electrons. The number of morpholine rings is 1. The highest BCUT2D eigenvalue weighted by Crippen LogP contribution is 2.19. The maximum absolute atomic E-state index is 5.42. The highest BCUT2D eigenvalue weighted by Gasteiger charge is 2.13. The van der Waals surface area contributed by atoms with E-state index in [-0.39, 0.29) is 24.0 Å². The number of nitrogens with zero attached hydrogens (tertiary/aromatic N) is 2. The van der Waals surface area contributed by atoms with Crippen LogP contribution < -0.4 is 15.4 Å². The lowest BCUT2D eigenvalue weighted by Crippen LogP contribution is -2.40. The van der Waals surface area contributed by atoms with Crippen LogP contribution in [0.15, 0.2) is 23.2 Å². The highest BCUT2D eigenvalue weighted by atomic mass is 127. The lowest BCUT2D eigenvalue weighted by Gasteiger charge is -2.28. The summed E-state index contributed by atoms with van der Waals surface area (Å²) in [6.45, 7) is 13.8. The first-order chi connectivity index (χ1) is 13.1. The predicted molar refractivity (Wildman–Crippen MR) is 127 cm³/mol. The normalized spacial score (nSPS) is 16.2. The molecule has 1 aromatic rings. The fraction of sp³-hybridized carbons (Fsp3) is 0.667. The second-order valence-corrected chi connectivity index (χ2v) is 7.22. The Kier molecular flexibility index (Phi) is 12.5. The Hall–Kier alpha value is -1.06. The molecular weight excluding hydrogens is 467 g/mol. The summed E-state index contributed by atoms with van der Waals surface area (Å²) in [7, 11) is 1.72. The first-order valence-electron chi connectivity index (χ1n) is 10.1. The van der Waals surface area contributed by atoms with E-state index < -0.39 is 0 Å². The number of benzene rings is 1. The van der Waals surface area contributed by atoms with Crippen LogP contribution in [0.2, 0.25) is 0 Å². The molecule has 1 aliphatic heterocycles. The van der Waals surface area contributed by atoms with Gasteiger partial charge in [-0.25, -0.2) is 0 Å². The molecule has 28 heavy (non-hydrogen) atoms. The molecule has 0 spiro atoms. The van der Waals surface area contributed by atoms with E-state index in [0.29, 0.717) is 5.92 Å². The Morgan fingerprint density at radius 3 is 2.71 bits per heavy atom. The molecule has 2 N–H and O–H groups in total. The Bertz CT molecular complexity index is 592. The topological polar surface area (TPSA) is 58.1 Å². The smallest absolute Gasteiger partial charge is 0.191 e. The number of ether oxygens (including phenoxy) is 2. The molecule has 1 fully saturated rings. The van der Waals surface area contributed by atoms with E-state index in [2.05, 4.69) is 54.5 Å². The molecule has 1 heterocycles. The Balaban J connectivity index is 0.00000392. The van der Waals surface area contributed by atoms with E-state index in [9.17, 15) is 0 Å². The molecule has 0 aromatic heterocycles. The fourth-order valence-electron chi connectivity index (χ4n) is 3.22. The summed E-state index contributed by atoms with van der Waals surface area (Å²) in [5.41, 5.74) is 2.43. The van der Waals surface area contributed by atoms with Crippen molar-refractivity contribution >= 4 is 29.9 Å². The summed E-state index contributed by atoms with van der Waals surface area (Å²) >= 11 is 0. The second kappa shape index (κ2) is 14.0. The molecule has 0 amide bonds.